The Labute approximate surface area is 99.1 Å². The van der Waals surface area contributed by atoms with Crippen LogP contribution in [0.4, 0.5) is 0 Å². The van der Waals surface area contributed by atoms with Crippen LogP contribution in [0.15, 0.2) is 0 Å². The molecular formula is C13H26N2O. The molecule has 0 aliphatic heterocycles. The molecule has 0 spiro atoms. The Balaban J connectivity index is 2.08. The quantitative estimate of drug-likeness (QED) is 0.439. The molecule has 0 bridgehead atoms. The molecule has 1 unspecified atom stereocenters. The van der Waals surface area contributed by atoms with Crippen molar-refractivity contribution >= 4 is 0 Å². The van der Waals surface area contributed by atoms with Crippen molar-refractivity contribution in [1.82, 2.24) is 5.43 Å². The highest BCUT2D eigenvalue weighted by Crippen LogP contribution is 2.41. The summed E-state index contributed by atoms with van der Waals surface area (Å²) in [5, 5.41) is 0. The summed E-state index contributed by atoms with van der Waals surface area (Å²) in [4.78, 5) is 0. The summed E-state index contributed by atoms with van der Waals surface area (Å²) < 4.78 is 5.93. The molecule has 0 saturated heterocycles. The Kier molecular flexibility index (Phi) is 4.22. The van der Waals surface area contributed by atoms with E-state index in [-0.39, 0.29) is 5.60 Å². The Morgan fingerprint density at radius 3 is 2.12 bits per heavy atom. The van der Waals surface area contributed by atoms with Gasteiger partial charge in [0.1, 0.15) is 0 Å². The van der Waals surface area contributed by atoms with Crippen LogP contribution in [0.25, 0.3) is 0 Å². The van der Waals surface area contributed by atoms with Crippen LogP contribution in [-0.4, -0.2) is 18.8 Å². The van der Waals surface area contributed by atoms with E-state index in [1.165, 1.54) is 57.8 Å². The summed E-state index contributed by atoms with van der Waals surface area (Å²) in [7, 11) is 1.87. The van der Waals surface area contributed by atoms with Gasteiger partial charge in [-0.2, -0.15) is 0 Å². The van der Waals surface area contributed by atoms with Crippen LogP contribution in [0.3, 0.4) is 0 Å². The monoisotopic (exact) mass is 226 g/mol. The van der Waals surface area contributed by atoms with Gasteiger partial charge in [-0.15, -0.1) is 0 Å². The molecule has 2 aliphatic carbocycles. The number of hydrogen-bond donors (Lipinski definition) is 2. The minimum Gasteiger partial charge on any atom is -0.377 e. The third-order valence-corrected chi connectivity index (χ3v) is 4.72. The Morgan fingerprint density at radius 2 is 1.75 bits per heavy atom. The van der Waals surface area contributed by atoms with Crippen molar-refractivity contribution in [1.29, 1.82) is 0 Å². The highest BCUT2D eigenvalue weighted by molar-refractivity contribution is 4.99. The lowest BCUT2D eigenvalue weighted by Gasteiger charge is -2.46. The Hall–Kier alpha value is -0.120. The molecule has 0 amide bonds. The minimum atomic E-state index is 0.0103. The van der Waals surface area contributed by atoms with Crippen molar-refractivity contribution in [2.24, 2.45) is 11.8 Å². The number of nitrogens with one attached hydrogen (secondary N) is 1. The number of ether oxygens (including phenoxy) is 1. The Morgan fingerprint density at radius 1 is 1.12 bits per heavy atom. The lowest BCUT2D eigenvalue weighted by atomic mass is 9.71. The fourth-order valence-corrected chi connectivity index (χ4v) is 3.46. The topological polar surface area (TPSA) is 47.3 Å². The normalized spacial score (nSPS) is 28.1. The molecule has 2 aliphatic rings. The van der Waals surface area contributed by atoms with E-state index in [2.05, 4.69) is 5.43 Å². The second-order valence-corrected chi connectivity index (χ2v) is 5.52. The summed E-state index contributed by atoms with van der Waals surface area (Å²) in [6.07, 6.45) is 11.6. The van der Waals surface area contributed by atoms with Gasteiger partial charge >= 0.3 is 0 Å². The zero-order valence-corrected chi connectivity index (χ0v) is 10.5. The fourth-order valence-electron chi connectivity index (χ4n) is 3.46. The lowest BCUT2D eigenvalue weighted by Crippen LogP contribution is -2.59. The molecule has 0 aromatic rings. The van der Waals surface area contributed by atoms with Gasteiger partial charge in [0.2, 0.25) is 0 Å². The van der Waals surface area contributed by atoms with E-state index in [1.807, 2.05) is 7.11 Å². The SMILES string of the molecule is COC1(C(NN)C2CCC2)CCCCCC1. The molecule has 0 radical (unpaired) electrons. The van der Waals surface area contributed by atoms with Gasteiger partial charge in [0, 0.05) is 7.11 Å². The third kappa shape index (κ3) is 2.27. The molecule has 0 aromatic carbocycles. The molecule has 3 heteroatoms. The number of hydrogen-bond acceptors (Lipinski definition) is 3. The van der Waals surface area contributed by atoms with Crippen LogP contribution in [-0.2, 0) is 4.74 Å². The predicted molar refractivity (Wildman–Crippen MR) is 65.9 cm³/mol. The first-order valence-corrected chi connectivity index (χ1v) is 6.84. The van der Waals surface area contributed by atoms with Crippen LogP contribution in [0.2, 0.25) is 0 Å². The number of nitrogens with two attached hydrogens (primary N) is 1. The molecule has 16 heavy (non-hydrogen) atoms. The van der Waals surface area contributed by atoms with Crippen molar-refractivity contribution in [2.45, 2.75) is 69.4 Å². The summed E-state index contributed by atoms with van der Waals surface area (Å²) in [6, 6.07) is 0.365. The minimum absolute atomic E-state index is 0.0103. The van der Waals surface area contributed by atoms with E-state index < -0.39 is 0 Å². The summed E-state index contributed by atoms with van der Waals surface area (Å²) >= 11 is 0. The summed E-state index contributed by atoms with van der Waals surface area (Å²) in [5.41, 5.74) is 3.08. The molecule has 2 fully saturated rings. The van der Waals surface area contributed by atoms with Crippen molar-refractivity contribution in [3.05, 3.63) is 0 Å². The van der Waals surface area contributed by atoms with E-state index in [0.29, 0.717) is 6.04 Å². The van der Waals surface area contributed by atoms with Gasteiger partial charge in [0.15, 0.2) is 0 Å². The maximum absolute atomic E-state index is 5.93. The molecule has 2 rings (SSSR count). The maximum atomic E-state index is 5.93. The van der Waals surface area contributed by atoms with E-state index >= 15 is 0 Å². The van der Waals surface area contributed by atoms with Gasteiger partial charge in [-0.3, -0.25) is 11.3 Å². The third-order valence-electron chi connectivity index (χ3n) is 4.72. The zero-order chi connectivity index (χ0) is 11.4. The van der Waals surface area contributed by atoms with Gasteiger partial charge in [-0.05, 0) is 31.6 Å². The second-order valence-electron chi connectivity index (χ2n) is 5.52. The van der Waals surface area contributed by atoms with Crippen molar-refractivity contribution < 1.29 is 4.74 Å². The zero-order valence-electron chi connectivity index (χ0n) is 10.5. The summed E-state index contributed by atoms with van der Waals surface area (Å²) in [5.74, 6) is 6.53. The van der Waals surface area contributed by atoms with Crippen LogP contribution < -0.4 is 11.3 Å². The highest BCUT2D eigenvalue weighted by Gasteiger charge is 2.44. The van der Waals surface area contributed by atoms with E-state index in [4.69, 9.17) is 10.6 Å². The van der Waals surface area contributed by atoms with Crippen LogP contribution >= 0.6 is 0 Å². The van der Waals surface area contributed by atoms with Gasteiger partial charge in [-0.25, -0.2) is 0 Å². The largest absolute Gasteiger partial charge is 0.377 e. The van der Waals surface area contributed by atoms with Crippen LogP contribution in [0.5, 0.6) is 0 Å². The lowest BCUT2D eigenvalue weighted by molar-refractivity contribution is -0.0776. The first-order valence-electron chi connectivity index (χ1n) is 6.84. The number of rotatable bonds is 4. The number of methoxy groups -OCH3 is 1. The van der Waals surface area contributed by atoms with Gasteiger partial charge in [0.25, 0.3) is 0 Å². The maximum Gasteiger partial charge on any atom is 0.0847 e. The average molecular weight is 226 g/mol. The molecule has 3 nitrogen and oxygen atoms in total. The molecule has 0 heterocycles. The first-order chi connectivity index (χ1) is 7.82. The van der Waals surface area contributed by atoms with Gasteiger partial charge in [-0.1, -0.05) is 32.1 Å². The van der Waals surface area contributed by atoms with E-state index in [9.17, 15) is 0 Å². The molecule has 94 valence electrons. The molecule has 0 aromatic heterocycles. The molecule has 1 atom stereocenters. The highest BCUT2D eigenvalue weighted by atomic mass is 16.5. The van der Waals surface area contributed by atoms with Crippen molar-refractivity contribution in [2.75, 3.05) is 7.11 Å². The van der Waals surface area contributed by atoms with Gasteiger partial charge in [0.05, 0.1) is 11.6 Å². The molecule has 3 N–H and O–H groups in total. The fraction of sp³-hybridized carbons (Fsp3) is 1.00. The smallest absolute Gasteiger partial charge is 0.0847 e. The van der Waals surface area contributed by atoms with Gasteiger partial charge < -0.3 is 4.74 Å². The van der Waals surface area contributed by atoms with Crippen molar-refractivity contribution in [3.8, 4) is 0 Å². The van der Waals surface area contributed by atoms with Crippen molar-refractivity contribution in [3.63, 3.8) is 0 Å². The predicted octanol–water partition coefficient (Wildman–Crippen LogP) is 2.36. The summed E-state index contributed by atoms with van der Waals surface area (Å²) in [6.45, 7) is 0. The first kappa shape index (κ1) is 12.3. The standard InChI is InChI=1S/C13H26N2O/c1-16-13(9-4-2-3-5-10-13)12(15-14)11-7-6-8-11/h11-12,15H,2-10,14H2,1H3. The molecular weight excluding hydrogens is 200 g/mol. The molecule has 2 saturated carbocycles. The number of hydrazine groups is 1. The average Bonchev–Trinajstić information content (AvgIpc) is 2.49. The van der Waals surface area contributed by atoms with E-state index in [1.54, 1.807) is 0 Å². The van der Waals surface area contributed by atoms with Crippen LogP contribution in [0.1, 0.15) is 57.8 Å². The van der Waals surface area contributed by atoms with Crippen LogP contribution in [0, 0.1) is 5.92 Å². The van der Waals surface area contributed by atoms with E-state index in [0.717, 1.165) is 5.92 Å². The Bertz CT molecular complexity index is 208. The second kappa shape index (κ2) is 5.48.